The van der Waals surface area contributed by atoms with Gasteiger partial charge in [-0.25, -0.2) is 13.2 Å². The largest absolute Gasteiger partial charge is 0.507 e. The van der Waals surface area contributed by atoms with Crippen LogP contribution in [-0.2, 0) is 19.6 Å². The number of phenolic OH excluding ortho intramolecular Hbond substituents is 1. The molecule has 1 heterocycles. The van der Waals surface area contributed by atoms with Crippen molar-refractivity contribution in [3.63, 3.8) is 0 Å². The molecule has 0 aromatic heterocycles. The lowest BCUT2D eigenvalue weighted by Crippen LogP contribution is -2.51. The maximum Gasteiger partial charge on any atom is 0.342 e. The Kier molecular flexibility index (Phi) is 6.41. The summed E-state index contributed by atoms with van der Waals surface area (Å²) < 4.78 is 31.6. The lowest BCUT2D eigenvalue weighted by atomic mass is 10.2. The number of aromatic hydroxyl groups is 1. The molecule has 0 spiro atoms. The molecule has 0 bridgehead atoms. The van der Waals surface area contributed by atoms with E-state index in [0.717, 1.165) is 0 Å². The number of sulfonamides is 1. The van der Waals surface area contributed by atoms with Crippen molar-refractivity contribution in [2.75, 3.05) is 32.8 Å². The van der Waals surface area contributed by atoms with Gasteiger partial charge in [0.2, 0.25) is 10.0 Å². The van der Waals surface area contributed by atoms with Gasteiger partial charge < -0.3 is 14.7 Å². The monoisotopic (exact) mass is 438 g/mol. The average Bonchev–Trinajstić information content (AvgIpc) is 2.72. The summed E-state index contributed by atoms with van der Waals surface area (Å²) in [6.07, 6.45) is 0. The lowest BCUT2D eigenvalue weighted by Gasteiger charge is -2.33. The number of hydrogen-bond acceptors (Lipinski definition) is 6. The molecule has 1 amide bonds. The van der Waals surface area contributed by atoms with Crippen molar-refractivity contribution in [3.05, 3.63) is 59.1 Å². The van der Waals surface area contributed by atoms with Crippen LogP contribution in [-0.4, -0.2) is 67.4 Å². The molecule has 0 saturated carbocycles. The van der Waals surface area contributed by atoms with Gasteiger partial charge in [-0.2, -0.15) is 4.31 Å². The summed E-state index contributed by atoms with van der Waals surface area (Å²) >= 11 is 5.80. The fraction of sp³-hybridized carbons (Fsp3) is 0.263. The van der Waals surface area contributed by atoms with E-state index in [1.165, 1.54) is 45.6 Å². The van der Waals surface area contributed by atoms with E-state index in [2.05, 4.69) is 0 Å². The first-order chi connectivity index (χ1) is 13.8. The average molecular weight is 439 g/mol. The van der Waals surface area contributed by atoms with Crippen LogP contribution in [0.25, 0.3) is 0 Å². The zero-order valence-corrected chi connectivity index (χ0v) is 16.9. The second kappa shape index (κ2) is 8.81. The number of phenols is 1. The zero-order valence-electron chi connectivity index (χ0n) is 15.3. The smallest absolute Gasteiger partial charge is 0.342 e. The SMILES string of the molecule is O=C(OCC(=O)N1CCN(S(=O)(=O)c2ccc(Cl)cc2)CC1)c1ccccc1O. The normalized spacial score (nSPS) is 15.1. The maximum absolute atomic E-state index is 12.7. The first-order valence-corrected chi connectivity index (χ1v) is 10.6. The van der Waals surface area contributed by atoms with Crippen molar-refractivity contribution in [3.8, 4) is 5.75 Å². The lowest BCUT2D eigenvalue weighted by molar-refractivity contribution is -0.135. The molecule has 0 unspecified atom stereocenters. The zero-order chi connectivity index (χ0) is 21.0. The summed E-state index contributed by atoms with van der Waals surface area (Å²) in [4.78, 5) is 25.8. The first-order valence-electron chi connectivity index (χ1n) is 8.77. The van der Waals surface area contributed by atoms with Crippen molar-refractivity contribution in [2.45, 2.75) is 4.90 Å². The van der Waals surface area contributed by atoms with Crippen molar-refractivity contribution in [1.82, 2.24) is 9.21 Å². The number of hydrogen-bond donors (Lipinski definition) is 1. The third-order valence-corrected chi connectivity index (χ3v) is 6.66. The number of halogens is 1. The number of piperazine rings is 1. The minimum absolute atomic E-state index is 0.0285. The van der Waals surface area contributed by atoms with Gasteiger partial charge in [-0.15, -0.1) is 0 Å². The molecule has 2 aromatic carbocycles. The van der Waals surface area contributed by atoms with Crippen LogP contribution in [0, 0.1) is 0 Å². The molecular formula is C19H19ClN2O6S. The van der Waals surface area contributed by atoms with E-state index in [9.17, 15) is 23.1 Å². The number of nitrogens with zero attached hydrogens (tertiary/aromatic N) is 2. The number of carbonyl (C=O) groups is 2. The highest BCUT2D eigenvalue weighted by atomic mass is 35.5. The molecule has 2 aromatic rings. The van der Waals surface area contributed by atoms with Gasteiger partial charge >= 0.3 is 5.97 Å². The Hall–Kier alpha value is -2.62. The number of esters is 1. The van der Waals surface area contributed by atoms with Crippen LogP contribution < -0.4 is 0 Å². The van der Waals surface area contributed by atoms with Crippen molar-refractivity contribution in [2.24, 2.45) is 0 Å². The van der Waals surface area contributed by atoms with E-state index < -0.39 is 28.5 Å². The predicted molar refractivity (Wildman–Crippen MR) is 105 cm³/mol. The van der Waals surface area contributed by atoms with Gasteiger partial charge in [0.1, 0.15) is 11.3 Å². The highest BCUT2D eigenvalue weighted by molar-refractivity contribution is 7.89. The van der Waals surface area contributed by atoms with Crippen LogP contribution in [0.4, 0.5) is 0 Å². The Morgan fingerprint density at radius 1 is 1.00 bits per heavy atom. The van der Waals surface area contributed by atoms with E-state index in [1.54, 1.807) is 12.1 Å². The molecule has 3 rings (SSSR count). The number of carbonyl (C=O) groups excluding carboxylic acids is 2. The molecule has 29 heavy (non-hydrogen) atoms. The molecule has 1 N–H and O–H groups in total. The van der Waals surface area contributed by atoms with Gasteiger partial charge in [0.15, 0.2) is 6.61 Å². The number of ether oxygens (including phenoxy) is 1. The van der Waals surface area contributed by atoms with E-state index in [0.29, 0.717) is 5.02 Å². The van der Waals surface area contributed by atoms with E-state index >= 15 is 0 Å². The maximum atomic E-state index is 12.7. The van der Waals surface area contributed by atoms with Crippen LogP contribution >= 0.6 is 11.6 Å². The fourth-order valence-electron chi connectivity index (χ4n) is 2.88. The standard InChI is InChI=1S/C19H19ClN2O6S/c20-14-5-7-15(8-6-14)29(26,27)22-11-9-21(10-12-22)18(24)13-28-19(25)16-3-1-2-4-17(16)23/h1-8,23H,9-13H2. The predicted octanol–water partition coefficient (Wildman–Crippen LogP) is 1.74. The van der Waals surface area contributed by atoms with Crippen LogP contribution in [0.5, 0.6) is 5.75 Å². The molecule has 0 atom stereocenters. The van der Waals surface area contributed by atoms with Crippen LogP contribution in [0.1, 0.15) is 10.4 Å². The Morgan fingerprint density at radius 2 is 1.62 bits per heavy atom. The van der Waals surface area contributed by atoms with Gasteiger partial charge in [0, 0.05) is 31.2 Å². The molecule has 10 heteroatoms. The summed E-state index contributed by atoms with van der Waals surface area (Å²) in [7, 11) is -3.67. The van der Waals surface area contributed by atoms with Crippen LogP contribution in [0.2, 0.25) is 5.02 Å². The number of benzene rings is 2. The van der Waals surface area contributed by atoms with Gasteiger partial charge in [-0.3, -0.25) is 4.79 Å². The Bertz CT molecular complexity index is 1000. The summed E-state index contributed by atoms with van der Waals surface area (Å²) in [5, 5.41) is 10.1. The van der Waals surface area contributed by atoms with Gasteiger partial charge in [-0.05, 0) is 36.4 Å². The molecule has 1 aliphatic heterocycles. The van der Waals surface area contributed by atoms with E-state index in [4.69, 9.17) is 16.3 Å². The summed E-state index contributed by atoms with van der Waals surface area (Å²) in [6.45, 7) is 0.130. The molecule has 1 saturated heterocycles. The molecule has 154 valence electrons. The summed E-state index contributed by atoms with van der Waals surface area (Å²) in [5.41, 5.74) is -0.0285. The number of amides is 1. The van der Waals surface area contributed by atoms with Crippen molar-refractivity contribution in [1.29, 1.82) is 0 Å². The third-order valence-electron chi connectivity index (χ3n) is 4.49. The fourth-order valence-corrected chi connectivity index (χ4v) is 4.42. The van der Waals surface area contributed by atoms with Gasteiger partial charge in [0.25, 0.3) is 5.91 Å². The minimum Gasteiger partial charge on any atom is -0.507 e. The molecule has 8 nitrogen and oxygen atoms in total. The Morgan fingerprint density at radius 3 is 2.24 bits per heavy atom. The van der Waals surface area contributed by atoms with Gasteiger partial charge in [0.05, 0.1) is 4.90 Å². The number of para-hydroxylation sites is 1. The van der Waals surface area contributed by atoms with E-state index in [-0.39, 0.29) is 42.4 Å². The topological polar surface area (TPSA) is 104 Å². The molecule has 1 fully saturated rings. The highest BCUT2D eigenvalue weighted by Crippen LogP contribution is 2.20. The van der Waals surface area contributed by atoms with Crippen molar-refractivity contribution >= 4 is 33.5 Å². The van der Waals surface area contributed by atoms with Crippen LogP contribution in [0.15, 0.2) is 53.4 Å². The number of rotatable bonds is 5. The minimum atomic E-state index is -3.67. The molecule has 0 radical (unpaired) electrons. The summed E-state index contributed by atoms with van der Waals surface area (Å²) in [5.74, 6) is -1.47. The second-order valence-corrected chi connectivity index (χ2v) is 8.71. The third kappa shape index (κ3) is 4.87. The second-order valence-electron chi connectivity index (χ2n) is 6.33. The molecular weight excluding hydrogens is 420 g/mol. The highest BCUT2D eigenvalue weighted by Gasteiger charge is 2.30. The van der Waals surface area contributed by atoms with Crippen molar-refractivity contribution < 1.29 is 27.9 Å². The first kappa shape index (κ1) is 21.1. The molecule has 0 aliphatic carbocycles. The summed E-state index contributed by atoms with van der Waals surface area (Å²) in [6, 6.07) is 11.8. The Labute approximate surface area is 173 Å². The molecule has 1 aliphatic rings. The van der Waals surface area contributed by atoms with Gasteiger partial charge in [-0.1, -0.05) is 23.7 Å². The van der Waals surface area contributed by atoms with Crippen LogP contribution in [0.3, 0.4) is 0 Å². The Balaban J connectivity index is 1.53. The quantitative estimate of drug-likeness (QED) is 0.713. The van der Waals surface area contributed by atoms with E-state index in [1.807, 2.05) is 0 Å².